The zero-order valence-corrected chi connectivity index (χ0v) is 12.3. The van der Waals surface area contributed by atoms with E-state index in [2.05, 4.69) is 15.9 Å². The first kappa shape index (κ1) is 15.2. The van der Waals surface area contributed by atoms with Crippen molar-refractivity contribution in [1.29, 1.82) is 10.5 Å². The Morgan fingerprint density at radius 1 is 1.26 bits per heavy atom. The predicted octanol–water partition coefficient (Wildman–Crippen LogP) is 3.03. The summed E-state index contributed by atoms with van der Waals surface area (Å²) in [7, 11) is 0. The van der Waals surface area contributed by atoms with Gasteiger partial charge in [0.15, 0.2) is 0 Å². The molecule has 1 aromatic carbocycles. The Hall–Kier alpha value is -1.85. The molecule has 98 valence electrons. The molecule has 1 amide bonds. The standard InChI is InChI=1S/C14H14BrN3O/c1-11-4-5-13(15)12(10-11)14(19)18(8-2-6-16)9-3-7-17/h4-5,10H,2-3,8-9H2,1H3. The summed E-state index contributed by atoms with van der Waals surface area (Å²) in [4.78, 5) is 14.0. The van der Waals surface area contributed by atoms with Crippen LogP contribution in [-0.4, -0.2) is 23.9 Å². The number of nitrogens with zero attached hydrogens (tertiary/aromatic N) is 3. The number of hydrogen-bond donors (Lipinski definition) is 0. The number of carbonyl (C=O) groups excluding carboxylic acids is 1. The van der Waals surface area contributed by atoms with E-state index < -0.39 is 0 Å². The number of carbonyl (C=O) groups is 1. The molecule has 0 saturated heterocycles. The highest BCUT2D eigenvalue weighted by Crippen LogP contribution is 2.20. The molecule has 1 rings (SSSR count). The molecule has 0 aromatic heterocycles. The lowest BCUT2D eigenvalue weighted by atomic mass is 10.1. The number of aryl methyl sites for hydroxylation is 1. The molecule has 0 aliphatic heterocycles. The molecular formula is C14H14BrN3O. The van der Waals surface area contributed by atoms with E-state index in [1.54, 1.807) is 11.0 Å². The minimum absolute atomic E-state index is 0.152. The van der Waals surface area contributed by atoms with Gasteiger partial charge < -0.3 is 4.90 Å². The summed E-state index contributed by atoms with van der Waals surface area (Å²) in [6.07, 6.45) is 0.529. The Labute approximate surface area is 121 Å². The van der Waals surface area contributed by atoms with E-state index in [4.69, 9.17) is 10.5 Å². The molecule has 0 saturated carbocycles. The number of rotatable bonds is 5. The zero-order chi connectivity index (χ0) is 14.3. The topological polar surface area (TPSA) is 67.9 Å². The third-order valence-electron chi connectivity index (χ3n) is 2.63. The zero-order valence-electron chi connectivity index (χ0n) is 10.7. The second-order valence-electron chi connectivity index (χ2n) is 4.09. The van der Waals surface area contributed by atoms with E-state index >= 15 is 0 Å². The van der Waals surface area contributed by atoms with E-state index in [1.165, 1.54) is 0 Å². The van der Waals surface area contributed by atoms with Crippen molar-refractivity contribution in [2.75, 3.05) is 13.1 Å². The summed E-state index contributed by atoms with van der Waals surface area (Å²) in [5, 5.41) is 17.3. The van der Waals surface area contributed by atoms with E-state index in [0.29, 0.717) is 18.7 Å². The van der Waals surface area contributed by atoms with Crippen LogP contribution >= 0.6 is 15.9 Å². The lowest BCUT2D eigenvalue weighted by molar-refractivity contribution is 0.0761. The predicted molar refractivity (Wildman–Crippen MR) is 75.2 cm³/mol. The van der Waals surface area contributed by atoms with Gasteiger partial charge in [0, 0.05) is 17.6 Å². The molecule has 19 heavy (non-hydrogen) atoms. The molecule has 0 aliphatic carbocycles. The molecule has 0 heterocycles. The van der Waals surface area contributed by atoms with Gasteiger partial charge in [-0.1, -0.05) is 11.6 Å². The highest BCUT2D eigenvalue weighted by atomic mass is 79.9. The van der Waals surface area contributed by atoms with Gasteiger partial charge in [0.25, 0.3) is 5.91 Å². The minimum Gasteiger partial charge on any atom is -0.337 e. The smallest absolute Gasteiger partial charge is 0.255 e. The second-order valence-corrected chi connectivity index (χ2v) is 4.95. The van der Waals surface area contributed by atoms with E-state index in [-0.39, 0.29) is 18.7 Å². The van der Waals surface area contributed by atoms with Crippen LogP contribution in [0.4, 0.5) is 0 Å². The minimum atomic E-state index is -0.152. The van der Waals surface area contributed by atoms with Crippen molar-refractivity contribution in [3.05, 3.63) is 33.8 Å². The van der Waals surface area contributed by atoms with Crippen molar-refractivity contribution in [2.24, 2.45) is 0 Å². The van der Waals surface area contributed by atoms with Gasteiger partial charge in [-0.2, -0.15) is 10.5 Å². The molecule has 4 nitrogen and oxygen atoms in total. The summed E-state index contributed by atoms with van der Waals surface area (Å²) in [5.74, 6) is -0.152. The SMILES string of the molecule is Cc1ccc(Br)c(C(=O)N(CCC#N)CCC#N)c1. The van der Waals surface area contributed by atoms with Crippen molar-refractivity contribution in [1.82, 2.24) is 4.90 Å². The first-order chi connectivity index (χ1) is 9.10. The van der Waals surface area contributed by atoms with Crippen LogP contribution in [0.15, 0.2) is 22.7 Å². The third kappa shape index (κ3) is 4.39. The van der Waals surface area contributed by atoms with Crippen molar-refractivity contribution in [2.45, 2.75) is 19.8 Å². The molecule has 0 bridgehead atoms. The van der Waals surface area contributed by atoms with E-state index in [9.17, 15) is 4.79 Å². The molecule has 5 heteroatoms. The van der Waals surface area contributed by atoms with Crippen LogP contribution in [0.5, 0.6) is 0 Å². The second kappa shape index (κ2) is 7.56. The highest BCUT2D eigenvalue weighted by Gasteiger charge is 2.17. The highest BCUT2D eigenvalue weighted by molar-refractivity contribution is 9.10. The van der Waals surface area contributed by atoms with Crippen LogP contribution in [-0.2, 0) is 0 Å². The van der Waals surface area contributed by atoms with Gasteiger partial charge in [-0.15, -0.1) is 0 Å². The maximum absolute atomic E-state index is 12.4. The lowest BCUT2D eigenvalue weighted by Gasteiger charge is -2.21. The number of halogens is 1. The fraction of sp³-hybridized carbons (Fsp3) is 0.357. The molecule has 0 N–H and O–H groups in total. The molecular weight excluding hydrogens is 306 g/mol. The van der Waals surface area contributed by atoms with Crippen LogP contribution in [0.2, 0.25) is 0 Å². The average Bonchev–Trinajstić information content (AvgIpc) is 2.41. The van der Waals surface area contributed by atoms with Gasteiger partial charge in [0.2, 0.25) is 0 Å². The number of nitriles is 2. The molecule has 1 aromatic rings. The summed E-state index contributed by atoms with van der Waals surface area (Å²) >= 11 is 3.36. The number of amides is 1. The van der Waals surface area contributed by atoms with Gasteiger partial charge >= 0.3 is 0 Å². The van der Waals surface area contributed by atoms with Gasteiger partial charge in [0.05, 0.1) is 30.5 Å². The van der Waals surface area contributed by atoms with Crippen LogP contribution in [0.1, 0.15) is 28.8 Å². The fourth-order valence-corrected chi connectivity index (χ4v) is 2.07. The molecule has 0 spiro atoms. The van der Waals surface area contributed by atoms with Crippen LogP contribution in [0.25, 0.3) is 0 Å². The van der Waals surface area contributed by atoms with Gasteiger partial charge in [-0.3, -0.25) is 4.79 Å². The Bertz CT molecular complexity index is 525. The Morgan fingerprint density at radius 2 is 1.84 bits per heavy atom. The summed E-state index contributed by atoms with van der Waals surface area (Å²) in [5.41, 5.74) is 1.56. The number of hydrogen-bond acceptors (Lipinski definition) is 3. The van der Waals surface area contributed by atoms with Crippen molar-refractivity contribution >= 4 is 21.8 Å². The van der Waals surface area contributed by atoms with Crippen molar-refractivity contribution in [3.63, 3.8) is 0 Å². The fourth-order valence-electron chi connectivity index (χ4n) is 1.66. The molecule has 0 unspecified atom stereocenters. The third-order valence-corrected chi connectivity index (χ3v) is 3.32. The van der Waals surface area contributed by atoms with Crippen LogP contribution in [0, 0.1) is 29.6 Å². The van der Waals surface area contributed by atoms with Crippen LogP contribution in [0.3, 0.4) is 0 Å². The van der Waals surface area contributed by atoms with E-state index in [0.717, 1.165) is 10.0 Å². The molecule has 0 aliphatic rings. The normalized spacial score (nSPS) is 9.47. The first-order valence-corrected chi connectivity index (χ1v) is 6.68. The molecule has 0 radical (unpaired) electrons. The Balaban J connectivity index is 2.94. The summed E-state index contributed by atoms with van der Waals surface area (Å²) < 4.78 is 0.724. The number of benzene rings is 1. The maximum atomic E-state index is 12.4. The average molecular weight is 320 g/mol. The largest absolute Gasteiger partial charge is 0.337 e. The van der Waals surface area contributed by atoms with Gasteiger partial charge in [-0.25, -0.2) is 0 Å². The van der Waals surface area contributed by atoms with Crippen LogP contribution < -0.4 is 0 Å². The quantitative estimate of drug-likeness (QED) is 0.837. The summed E-state index contributed by atoms with van der Waals surface area (Å²) in [6, 6.07) is 9.58. The molecule has 0 fully saturated rings. The van der Waals surface area contributed by atoms with E-state index in [1.807, 2.05) is 31.2 Å². The van der Waals surface area contributed by atoms with Gasteiger partial charge in [0.1, 0.15) is 0 Å². The van der Waals surface area contributed by atoms with Crippen molar-refractivity contribution < 1.29 is 4.79 Å². The first-order valence-electron chi connectivity index (χ1n) is 5.89. The summed E-state index contributed by atoms with van der Waals surface area (Å²) in [6.45, 7) is 2.60. The maximum Gasteiger partial charge on any atom is 0.255 e. The monoisotopic (exact) mass is 319 g/mol. The van der Waals surface area contributed by atoms with Crippen molar-refractivity contribution in [3.8, 4) is 12.1 Å². The lowest BCUT2D eigenvalue weighted by Crippen LogP contribution is -2.33. The Morgan fingerprint density at radius 3 is 2.37 bits per heavy atom. The Kier molecular flexibility index (Phi) is 6.05. The van der Waals surface area contributed by atoms with Gasteiger partial charge in [-0.05, 0) is 35.0 Å². The molecule has 0 atom stereocenters.